The number of rotatable bonds is 5. The van der Waals surface area contributed by atoms with Gasteiger partial charge in [0.05, 0.1) is 0 Å². The molecule has 0 aromatic heterocycles. The maximum absolute atomic E-state index is 11.1. The van der Waals surface area contributed by atoms with Crippen molar-refractivity contribution in [3.63, 3.8) is 0 Å². The van der Waals surface area contributed by atoms with E-state index in [4.69, 9.17) is 11.2 Å². The van der Waals surface area contributed by atoms with Gasteiger partial charge in [-0.25, -0.2) is 0 Å². The maximum Gasteiger partial charge on any atom is 0.313 e. The van der Waals surface area contributed by atoms with Gasteiger partial charge in [0.15, 0.2) is 0 Å². The van der Waals surface area contributed by atoms with Crippen molar-refractivity contribution >= 4 is 17.8 Å². The SMILES string of the molecule is C#Cc1cccc(/C=C/COC(=O)CC(C)=O)c1. The van der Waals surface area contributed by atoms with Crippen LogP contribution in [0.2, 0.25) is 0 Å². The molecule has 0 heterocycles. The molecule has 1 rings (SSSR count). The van der Waals surface area contributed by atoms with Gasteiger partial charge >= 0.3 is 5.97 Å². The molecule has 18 heavy (non-hydrogen) atoms. The molecule has 0 fully saturated rings. The Morgan fingerprint density at radius 1 is 1.44 bits per heavy atom. The maximum atomic E-state index is 11.1. The summed E-state index contributed by atoms with van der Waals surface area (Å²) in [5.41, 5.74) is 1.73. The molecule has 0 radical (unpaired) electrons. The summed E-state index contributed by atoms with van der Waals surface area (Å²) in [6.07, 6.45) is 8.61. The smallest absolute Gasteiger partial charge is 0.313 e. The topological polar surface area (TPSA) is 43.4 Å². The highest BCUT2D eigenvalue weighted by Crippen LogP contribution is 2.05. The monoisotopic (exact) mass is 242 g/mol. The molecule has 0 aliphatic carbocycles. The molecule has 0 N–H and O–H groups in total. The van der Waals surface area contributed by atoms with Gasteiger partial charge in [-0.3, -0.25) is 9.59 Å². The minimum absolute atomic E-state index is 0.145. The van der Waals surface area contributed by atoms with Crippen LogP contribution in [0, 0.1) is 12.3 Å². The molecule has 92 valence electrons. The van der Waals surface area contributed by atoms with Crippen LogP contribution in [0.3, 0.4) is 0 Å². The average Bonchev–Trinajstić information content (AvgIpc) is 2.34. The summed E-state index contributed by atoms with van der Waals surface area (Å²) in [5.74, 6) is 1.83. The van der Waals surface area contributed by atoms with E-state index in [0.29, 0.717) is 0 Å². The molecule has 0 atom stereocenters. The zero-order chi connectivity index (χ0) is 13.4. The number of benzene rings is 1. The molecule has 1 aromatic carbocycles. The van der Waals surface area contributed by atoms with Gasteiger partial charge in [0.2, 0.25) is 0 Å². The molecule has 3 heteroatoms. The Labute approximate surface area is 106 Å². The minimum Gasteiger partial charge on any atom is -0.461 e. The molecule has 0 spiro atoms. The fourth-order valence-electron chi connectivity index (χ4n) is 1.31. The van der Waals surface area contributed by atoms with E-state index in [-0.39, 0.29) is 18.8 Å². The van der Waals surface area contributed by atoms with Crippen LogP contribution in [0.1, 0.15) is 24.5 Å². The van der Waals surface area contributed by atoms with Crippen LogP contribution in [0.25, 0.3) is 6.08 Å². The highest BCUT2D eigenvalue weighted by Gasteiger charge is 2.04. The van der Waals surface area contributed by atoms with Gasteiger partial charge in [-0.05, 0) is 30.7 Å². The second kappa shape index (κ2) is 7.08. The first-order valence-corrected chi connectivity index (χ1v) is 5.50. The first-order valence-electron chi connectivity index (χ1n) is 5.50. The van der Waals surface area contributed by atoms with E-state index in [9.17, 15) is 9.59 Å². The molecule has 0 aliphatic heterocycles. The molecule has 3 nitrogen and oxygen atoms in total. The average molecular weight is 242 g/mol. The van der Waals surface area contributed by atoms with Crippen LogP contribution in [0.4, 0.5) is 0 Å². The van der Waals surface area contributed by atoms with Gasteiger partial charge in [-0.2, -0.15) is 0 Å². The zero-order valence-electron chi connectivity index (χ0n) is 10.2. The lowest BCUT2D eigenvalue weighted by atomic mass is 10.1. The number of Topliss-reactive ketones (excluding diaryl/α,β-unsaturated/α-hetero) is 1. The van der Waals surface area contributed by atoms with Crippen molar-refractivity contribution in [3.05, 3.63) is 41.5 Å². The molecule has 0 aliphatic rings. The van der Waals surface area contributed by atoms with Crippen molar-refractivity contribution in [2.24, 2.45) is 0 Å². The van der Waals surface area contributed by atoms with E-state index in [0.717, 1.165) is 11.1 Å². The number of terminal acetylenes is 1. The Morgan fingerprint density at radius 3 is 2.89 bits per heavy atom. The number of hydrogen-bond donors (Lipinski definition) is 0. The van der Waals surface area contributed by atoms with Gasteiger partial charge in [0, 0.05) is 5.56 Å². The fraction of sp³-hybridized carbons (Fsp3) is 0.200. The number of carbonyl (C=O) groups is 2. The van der Waals surface area contributed by atoms with E-state index in [1.807, 2.05) is 30.3 Å². The van der Waals surface area contributed by atoms with Crippen LogP contribution in [-0.4, -0.2) is 18.4 Å². The van der Waals surface area contributed by atoms with Gasteiger partial charge in [-0.15, -0.1) is 6.42 Å². The number of esters is 1. The number of carbonyl (C=O) groups excluding carboxylic acids is 2. The Morgan fingerprint density at radius 2 is 2.22 bits per heavy atom. The van der Waals surface area contributed by atoms with Crippen molar-refractivity contribution in [3.8, 4) is 12.3 Å². The summed E-state index contributed by atoms with van der Waals surface area (Å²) in [4.78, 5) is 21.7. The van der Waals surface area contributed by atoms with Crippen molar-refractivity contribution < 1.29 is 14.3 Å². The summed E-state index contributed by atoms with van der Waals surface area (Å²) in [5, 5.41) is 0. The fourth-order valence-corrected chi connectivity index (χ4v) is 1.31. The van der Waals surface area contributed by atoms with Crippen molar-refractivity contribution in [2.45, 2.75) is 13.3 Å². The Kier molecular flexibility index (Phi) is 5.40. The highest BCUT2D eigenvalue weighted by atomic mass is 16.5. The van der Waals surface area contributed by atoms with Crippen molar-refractivity contribution in [2.75, 3.05) is 6.61 Å². The molecular weight excluding hydrogens is 228 g/mol. The molecule has 0 unspecified atom stereocenters. The molecule has 0 saturated carbocycles. The predicted molar refractivity (Wildman–Crippen MR) is 69.7 cm³/mol. The first kappa shape index (κ1) is 13.7. The lowest BCUT2D eigenvalue weighted by Crippen LogP contribution is -2.08. The van der Waals surface area contributed by atoms with Crippen LogP contribution in [0.15, 0.2) is 30.3 Å². The third-order valence-electron chi connectivity index (χ3n) is 2.10. The van der Waals surface area contributed by atoms with Crippen molar-refractivity contribution in [1.29, 1.82) is 0 Å². The molecular formula is C15H14O3. The number of hydrogen-bond acceptors (Lipinski definition) is 3. The van der Waals surface area contributed by atoms with Gasteiger partial charge in [0.25, 0.3) is 0 Å². The molecule has 0 bridgehead atoms. The van der Waals surface area contributed by atoms with E-state index in [1.54, 1.807) is 6.08 Å². The van der Waals surface area contributed by atoms with Crippen LogP contribution >= 0.6 is 0 Å². The normalized spacial score (nSPS) is 10.0. The molecule has 1 aromatic rings. The van der Waals surface area contributed by atoms with Crippen LogP contribution in [0.5, 0.6) is 0 Å². The largest absolute Gasteiger partial charge is 0.461 e. The van der Waals surface area contributed by atoms with Crippen LogP contribution < -0.4 is 0 Å². The number of ketones is 1. The minimum atomic E-state index is -0.510. The summed E-state index contributed by atoms with van der Waals surface area (Å²) in [7, 11) is 0. The summed E-state index contributed by atoms with van der Waals surface area (Å²) in [6.45, 7) is 1.49. The Bertz CT molecular complexity index is 507. The number of ether oxygens (including phenoxy) is 1. The van der Waals surface area contributed by atoms with E-state index in [2.05, 4.69) is 5.92 Å². The Hall–Kier alpha value is -2.34. The van der Waals surface area contributed by atoms with Gasteiger partial charge in [-0.1, -0.05) is 24.1 Å². The first-order chi connectivity index (χ1) is 8.61. The molecule has 0 amide bonds. The van der Waals surface area contributed by atoms with Gasteiger partial charge < -0.3 is 4.74 Å². The van der Waals surface area contributed by atoms with Crippen LogP contribution in [-0.2, 0) is 14.3 Å². The standard InChI is InChI=1S/C15H14O3/c1-3-13-6-4-7-14(11-13)8-5-9-18-15(17)10-12(2)16/h1,4-8,11H,9-10H2,2H3/b8-5+. The van der Waals surface area contributed by atoms with E-state index in [1.165, 1.54) is 6.92 Å². The van der Waals surface area contributed by atoms with Crippen molar-refractivity contribution in [1.82, 2.24) is 0 Å². The summed E-state index contributed by atoms with van der Waals surface area (Å²) < 4.78 is 4.84. The predicted octanol–water partition coefficient (Wildman–Crippen LogP) is 2.20. The molecule has 0 saturated heterocycles. The lowest BCUT2D eigenvalue weighted by Gasteiger charge is -1.99. The quantitative estimate of drug-likeness (QED) is 0.451. The second-order valence-electron chi connectivity index (χ2n) is 3.73. The Balaban J connectivity index is 2.43. The van der Waals surface area contributed by atoms with E-state index >= 15 is 0 Å². The zero-order valence-corrected chi connectivity index (χ0v) is 10.2. The van der Waals surface area contributed by atoms with E-state index < -0.39 is 5.97 Å². The third-order valence-corrected chi connectivity index (χ3v) is 2.10. The van der Waals surface area contributed by atoms with Gasteiger partial charge in [0.1, 0.15) is 18.8 Å². The lowest BCUT2D eigenvalue weighted by molar-refractivity contribution is -0.144. The third kappa shape index (κ3) is 5.13. The summed E-state index contributed by atoms with van der Waals surface area (Å²) in [6, 6.07) is 7.45. The highest BCUT2D eigenvalue weighted by molar-refractivity contribution is 5.94. The second-order valence-corrected chi connectivity index (χ2v) is 3.73. The summed E-state index contributed by atoms with van der Waals surface area (Å²) >= 11 is 0.